The van der Waals surface area contributed by atoms with Crippen LogP contribution in [-0.2, 0) is 4.79 Å². The highest BCUT2D eigenvalue weighted by Crippen LogP contribution is 2.15. The summed E-state index contributed by atoms with van der Waals surface area (Å²) in [6.45, 7) is 1.44. The van der Waals surface area contributed by atoms with Crippen molar-refractivity contribution in [1.82, 2.24) is 4.98 Å². The van der Waals surface area contributed by atoms with Gasteiger partial charge in [-0.25, -0.2) is 4.98 Å². The van der Waals surface area contributed by atoms with Gasteiger partial charge in [0.25, 0.3) is 5.91 Å². The van der Waals surface area contributed by atoms with E-state index in [1.807, 2.05) is 0 Å². The number of rotatable bonds is 3. The second-order valence-corrected chi connectivity index (χ2v) is 4.87. The van der Waals surface area contributed by atoms with Gasteiger partial charge in [-0.1, -0.05) is 6.07 Å². The smallest absolute Gasteiger partial charge is 0.274 e. The molecule has 6 heteroatoms. The van der Waals surface area contributed by atoms with Crippen LogP contribution in [0.2, 0.25) is 0 Å². The second-order valence-electron chi connectivity index (χ2n) is 4.06. The molecular formula is C14H12BrN3O2. The van der Waals surface area contributed by atoms with Crippen molar-refractivity contribution >= 4 is 39.1 Å². The van der Waals surface area contributed by atoms with E-state index in [0.29, 0.717) is 21.7 Å². The second kappa shape index (κ2) is 6.29. The summed E-state index contributed by atoms with van der Waals surface area (Å²) in [6.07, 6.45) is 0. The van der Waals surface area contributed by atoms with E-state index in [1.54, 1.807) is 42.5 Å². The van der Waals surface area contributed by atoms with Gasteiger partial charge < -0.3 is 10.6 Å². The van der Waals surface area contributed by atoms with Crippen LogP contribution < -0.4 is 10.6 Å². The summed E-state index contributed by atoms with van der Waals surface area (Å²) in [5, 5.41) is 5.39. The number of anilines is 2. The summed E-state index contributed by atoms with van der Waals surface area (Å²) in [6, 6.07) is 12.0. The van der Waals surface area contributed by atoms with Gasteiger partial charge in [0.2, 0.25) is 5.91 Å². The van der Waals surface area contributed by atoms with Gasteiger partial charge in [-0.15, -0.1) is 0 Å². The molecule has 0 aliphatic carbocycles. The minimum atomic E-state index is -0.293. The first-order valence-corrected chi connectivity index (χ1v) is 6.65. The Kier molecular flexibility index (Phi) is 4.47. The molecular weight excluding hydrogens is 322 g/mol. The SMILES string of the molecule is CC(=O)Nc1ccc(NC(=O)c2cccc(Br)n2)cc1. The third kappa shape index (κ3) is 3.89. The molecule has 0 aliphatic rings. The Morgan fingerprint density at radius 2 is 1.60 bits per heavy atom. The van der Waals surface area contributed by atoms with Gasteiger partial charge in [-0.2, -0.15) is 0 Å². The van der Waals surface area contributed by atoms with Crippen molar-refractivity contribution in [3.8, 4) is 0 Å². The molecule has 0 fully saturated rings. The summed E-state index contributed by atoms with van der Waals surface area (Å²) in [5.74, 6) is -0.432. The fraction of sp³-hybridized carbons (Fsp3) is 0.0714. The van der Waals surface area contributed by atoms with Crippen LogP contribution >= 0.6 is 15.9 Å². The lowest BCUT2D eigenvalue weighted by atomic mass is 10.2. The summed E-state index contributed by atoms with van der Waals surface area (Å²) < 4.78 is 0.603. The molecule has 102 valence electrons. The first kappa shape index (κ1) is 14.2. The number of hydrogen-bond acceptors (Lipinski definition) is 3. The van der Waals surface area contributed by atoms with Crippen LogP contribution in [0.1, 0.15) is 17.4 Å². The van der Waals surface area contributed by atoms with Crippen LogP contribution in [0, 0.1) is 0 Å². The first-order valence-electron chi connectivity index (χ1n) is 5.86. The lowest BCUT2D eigenvalue weighted by molar-refractivity contribution is -0.114. The Morgan fingerprint density at radius 1 is 1.00 bits per heavy atom. The summed E-state index contributed by atoms with van der Waals surface area (Å²) in [4.78, 5) is 26.9. The molecule has 0 radical (unpaired) electrons. The van der Waals surface area contributed by atoms with E-state index in [1.165, 1.54) is 6.92 Å². The zero-order valence-corrected chi connectivity index (χ0v) is 12.3. The zero-order valence-electron chi connectivity index (χ0n) is 10.7. The average molecular weight is 334 g/mol. The first-order chi connectivity index (χ1) is 9.54. The molecule has 0 spiro atoms. The van der Waals surface area contributed by atoms with Crippen molar-refractivity contribution in [3.05, 3.63) is 52.8 Å². The van der Waals surface area contributed by atoms with Gasteiger partial charge in [0.1, 0.15) is 10.3 Å². The van der Waals surface area contributed by atoms with Crippen molar-refractivity contribution in [2.24, 2.45) is 0 Å². The highest BCUT2D eigenvalue weighted by atomic mass is 79.9. The molecule has 0 saturated carbocycles. The van der Waals surface area contributed by atoms with E-state index in [2.05, 4.69) is 31.5 Å². The van der Waals surface area contributed by atoms with E-state index in [-0.39, 0.29) is 11.8 Å². The fourth-order valence-corrected chi connectivity index (χ4v) is 1.91. The molecule has 0 aliphatic heterocycles. The number of carbonyl (C=O) groups is 2. The molecule has 0 unspecified atom stereocenters. The molecule has 1 heterocycles. The van der Waals surface area contributed by atoms with Crippen molar-refractivity contribution in [2.75, 3.05) is 10.6 Å². The number of aromatic nitrogens is 1. The average Bonchev–Trinajstić information content (AvgIpc) is 2.40. The lowest BCUT2D eigenvalue weighted by Gasteiger charge is -2.06. The Hall–Kier alpha value is -2.21. The molecule has 2 amide bonds. The third-order valence-electron chi connectivity index (χ3n) is 2.41. The molecule has 0 bridgehead atoms. The number of nitrogens with one attached hydrogen (secondary N) is 2. The number of nitrogens with zero attached hydrogens (tertiary/aromatic N) is 1. The molecule has 1 aromatic carbocycles. The van der Waals surface area contributed by atoms with E-state index in [9.17, 15) is 9.59 Å². The van der Waals surface area contributed by atoms with Gasteiger partial charge in [-0.3, -0.25) is 9.59 Å². The van der Waals surface area contributed by atoms with Crippen LogP contribution in [0.15, 0.2) is 47.1 Å². The Bertz CT molecular complexity index is 641. The Labute approximate surface area is 124 Å². The zero-order chi connectivity index (χ0) is 14.5. The van der Waals surface area contributed by atoms with Crippen LogP contribution in [0.3, 0.4) is 0 Å². The predicted molar refractivity (Wildman–Crippen MR) is 80.6 cm³/mol. The minimum absolute atomic E-state index is 0.139. The van der Waals surface area contributed by atoms with E-state index < -0.39 is 0 Å². The number of pyridine rings is 1. The number of hydrogen-bond donors (Lipinski definition) is 2. The van der Waals surface area contributed by atoms with Gasteiger partial charge >= 0.3 is 0 Å². The Balaban J connectivity index is 2.06. The number of amides is 2. The fourth-order valence-electron chi connectivity index (χ4n) is 1.57. The van der Waals surface area contributed by atoms with Gasteiger partial charge in [0.05, 0.1) is 0 Å². The van der Waals surface area contributed by atoms with Gasteiger partial charge in [-0.05, 0) is 52.3 Å². The summed E-state index contributed by atoms with van der Waals surface area (Å²) in [5.41, 5.74) is 1.63. The van der Waals surface area contributed by atoms with Crippen molar-refractivity contribution in [2.45, 2.75) is 6.92 Å². The predicted octanol–water partition coefficient (Wildman–Crippen LogP) is 3.05. The van der Waals surface area contributed by atoms with Gasteiger partial charge in [0.15, 0.2) is 0 Å². The summed E-state index contributed by atoms with van der Waals surface area (Å²) >= 11 is 3.22. The molecule has 2 rings (SSSR count). The number of halogens is 1. The third-order valence-corrected chi connectivity index (χ3v) is 2.85. The molecule has 5 nitrogen and oxygen atoms in total. The van der Waals surface area contributed by atoms with Crippen molar-refractivity contribution in [3.63, 3.8) is 0 Å². The standard InChI is InChI=1S/C14H12BrN3O2/c1-9(19)16-10-5-7-11(8-6-10)17-14(20)12-3-2-4-13(15)18-12/h2-8H,1H3,(H,16,19)(H,17,20). The lowest BCUT2D eigenvalue weighted by Crippen LogP contribution is -2.13. The minimum Gasteiger partial charge on any atom is -0.326 e. The topological polar surface area (TPSA) is 71.1 Å². The normalized spacial score (nSPS) is 9.90. The van der Waals surface area contributed by atoms with Crippen molar-refractivity contribution in [1.29, 1.82) is 0 Å². The van der Waals surface area contributed by atoms with E-state index in [0.717, 1.165) is 0 Å². The van der Waals surface area contributed by atoms with Gasteiger partial charge in [0, 0.05) is 18.3 Å². The van der Waals surface area contributed by atoms with E-state index >= 15 is 0 Å². The molecule has 20 heavy (non-hydrogen) atoms. The number of benzene rings is 1. The highest BCUT2D eigenvalue weighted by molar-refractivity contribution is 9.10. The van der Waals surface area contributed by atoms with Crippen LogP contribution in [-0.4, -0.2) is 16.8 Å². The van der Waals surface area contributed by atoms with Crippen LogP contribution in [0.25, 0.3) is 0 Å². The van der Waals surface area contributed by atoms with Crippen LogP contribution in [0.5, 0.6) is 0 Å². The maximum Gasteiger partial charge on any atom is 0.274 e. The maximum atomic E-state index is 12.0. The summed E-state index contributed by atoms with van der Waals surface area (Å²) in [7, 11) is 0. The molecule has 0 atom stereocenters. The molecule has 0 saturated heterocycles. The number of carbonyl (C=O) groups excluding carboxylic acids is 2. The molecule has 1 aromatic heterocycles. The largest absolute Gasteiger partial charge is 0.326 e. The highest BCUT2D eigenvalue weighted by Gasteiger charge is 2.07. The van der Waals surface area contributed by atoms with Crippen LogP contribution in [0.4, 0.5) is 11.4 Å². The quantitative estimate of drug-likeness (QED) is 0.848. The monoisotopic (exact) mass is 333 g/mol. The van der Waals surface area contributed by atoms with E-state index in [4.69, 9.17) is 0 Å². The maximum absolute atomic E-state index is 12.0. The Morgan fingerprint density at radius 3 is 2.15 bits per heavy atom. The molecule has 2 aromatic rings. The molecule has 2 N–H and O–H groups in total. The van der Waals surface area contributed by atoms with Crippen molar-refractivity contribution < 1.29 is 9.59 Å².